The van der Waals surface area contributed by atoms with Crippen molar-refractivity contribution < 1.29 is 9.84 Å². The molecule has 0 saturated heterocycles. The van der Waals surface area contributed by atoms with Gasteiger partial charge in [-0.25, -0.2) is 4.99 Å². The number of nitrogens with zero attached hydrogens (tertiary/aromatic N) is 1. The van der Waals surface area contributed by atoms with Gasteiger partial charge in [-0.2, -0.15) is 0 Å². The average molecular weight is 321 g/mol. The number of hydrogen-bond acceptors (Lipinski definition) is 3. The average Bonchev–Trinajstić information content (AvgIpc) is 2.93. The van der Waals surface area contributed by atoms with Gasteiger partial charge in [-0.3, -0.25) is 0 Å². The fourth-order valence-corrected chi connectivity index (χ4v) is 2.77. The summed E-state index contributed by atoms with van der Waals surface area (Å²) < 4.78 is 5.69. The predicted octanol–water partition coefficient (Wildman–Crippen LogP) is 4.19. The summed E-state index contributed by atoms with van der Waals surface area (Å²) in [6, 6.07) is 19.6. The summed E-state index contributed by atoms with van der Waals surface area (Å²) in [5.41, 5.74) is 0.488. The largest absolute Gasteiger partial charge is 0.478 e. The zero-order valence-electron chi connectivity index (χ0n) is 14.1. The van der Waals surface area contributed by atoms with Crippen molar-refractivity contribution in [3.8, 4) is 0 Å². The number of hydrogen-bond donors (Lipinski definition) is 1. The van der Waals surface area contributed by atoms with E-state index in [0.29, 0.717) is 18.9 Å². The Morgan fingerprint density at radius 3 is 2.29 bits per heavy atom. The van der Waals surface area contributed by atoms with Crippen molar-refractivity contribution in [2.75, 3.05) is 6.61 Å². The highest BCUT2D eigenvalue weighted by atomic mass is 16.5. The molecule has 0 saturated carbocycles. The molecule has 0 amide bonds. The van der Waals surface area contributed by atoms with Crippen molar-refractivity contribution in [3.05, 3.63) is 77.9 Å². The minimum absolute atomic E-state index is 0.226. The summed E-state index contributed by atoms with van der Waals surface area (Å²) in [5.74, 6) is 0.601. The van der Waals surface area contributed by atoms with Gasteiger partial charge in [0.2, 0.25) is 0 Å². The van der Waals surface area contributed by atoms with Crippen LogP contribution in [0.25, 0.3) is 6.08 Å². The topological polar surface area (TPSA) is 41.8 Å². The molecule has 2 aromatic carbocycles. The van der Waals surface area contributed by atoms with Crippen LogP contribution in [-0.2, 0) is 10.3 Å². The first kappa shape index (κ1) is 16.5. The van der Waals surface area contributed by atoms with E-state index in [-0.39, 0.29) is 5.54 Å². The smallest absolute Gasteiger partial charge is 0.187 e. The number of aliphatic imine (C=N–C) groups is 1. The lowest BCUT2D eigenvalue weighted by Crippen LogP contribution is -2.27. The standard InChI is InChI=1S/C21H23NO2/c1-20(2)16-24-19(22-20)15-21(23,18-11-7-4-8-12-18)14-13-17-9-5-3-6-10-17/h3-14,23H,15-16H2,1-2H3/b14-13+. The molecule has 3 nitrogen and oxygen atoms in total. The van der Waals surface area contributed by atoms with Crippen LogP contribution in [0.5, 0.6) is 0 Å². The number of ether oxygens (including phenoxy) is 1. The quantitative estimate of drug-likeness (QED) is 0.897. The Kier molecular flexibility index (Phi) is 4.54. The van der Waals surface area contributed by atoms with Crippen LogP contribution < -0.4 is 0 Å². The van der Waals surface area contributed by atoms with E-state index in [1.165, 1.54) is 0 Å². The van der Waals surface area contributed by atoms with Crippen molar-refractivity contribution in [1.29, 1.82) is 0 Å². The third-order valence-electron chi connectivity index (χ3n) is 4.06. The van der Waals surface area contributed by atoms with Gasteiger partial charge in [0.05, 0.1) is 12.0 Å². The van der Waals surface area contributed by atoms with E-state index in [1.807, 2.05) is 86.7 Å². The second-order valence-corrected chi connectivity index (χ2v) is 6.82. The van der Waals surface area contributed by atoms with Crippen LogP contribution in [0.3, 0.4) is 0 Å². The molecule has 3 heteroatoms. The van der Waals surface area contributed by atoms with Gasteiger partial charge in [0.15, 0.2) is 5.90 Å². The molecule has 1 heterocycles. The second kappa shape index (κ2) is 6.62. The Hall–Kier alpha value is -2.39. The molecule has 24 heavy (non-hydrogen) atoms. The van der Waals surface area contributed by atoms with Crippen molar-refractivity contribution in [3.63, 3.8) is 0 Å². The highest BCUT2D eigenvalue weighted by Crippen LogP contribution is 2.31. The van der Waals surface area contributed by atoms with E-state index in [0.717, 1.165) is 11.1 Å². The number of aliphatic hydroxyl groups is 1. The van der Waals surface area contributed by atoms with Gasteiger partial charge < -0.3 is 9.84 Å². The molecule has 0 fully saturated rings. The maximum Gasteiger partial charge on any atom is 0.187 e. The Balaban J connectivity index is 1.91. The summed E-state index contributed by atoms with van der Waals surface area (Å²) in [6.45, 7) is 4.61. The fourth-order valence-electron chi connectivity index (χ4n) is 2.77. The predicted molar refractivity (Wildman–Crippen MR) is 97.9 cm³/mol. The summed E-state index contributed by atoms with van der Waals surface area (Å²) in [7, 11) is 0. The van der Waals surface area contributed by atoms with Crippen molar-refractivity contribution in [2.24, 2.45) is 4.99 Å². The molecule has 1 N–H and O–H groups in total. The Morgan fingerprint density at radius 2 is 1.71 bits per heavy atom. The molecule has 0 aromatic heterocycles. The van der Waals surface area contributed by atoms with E-state index < -0.39 is 5.60 Å². The zero-order valence-corrected chi connectivity index (χ0v) is 14.1. The lowest BCUT2D eigenvalue weighted by molar-refractivity contribution is 0.0918. The molecule has 1 atom stereocenters. The molecule has 3 rings (SSSR count). The monoisotopic (exact) mass is 321 g/mol. The van der Waals surface area contributed by atoms with Gasteiger partial charge in [0, 0.05) is 0 Å². The fraction of sp³-hybridized carbons (Fsp3) is 0.286. The minimum atomic E-state index is -1.16. The van der Waals surface area contributed by atoms with Gasteiger partial charge in [-0.15, -0.1) is 0 Å². The summed E-state index contributed by atoms with van der Waals surface area (Å²) in [4.78, 5) is 4.59. The van der Waals surface area contributed by atoms with E-state index in [4.69, 9.17) is 4.74 Å². The molecule has 0 radical (unpaired) electrons. The molecule has 1 unspecified atom stereocenters. The van der Waals surface area contributed by atoms with Crippen LogP contribution in [0.2, 0.25) is 0 Å². The van der Waals surface area contributed by atoms with Crippen LogP contribution in [0.1, 0.15) is 31.4 Å². The Bertz CT molecular complexity index is 735. The molecular formula is C21H23NO2. The maximum atomic E-state index is 11.3. The molecule has 0 spiro atoms. The Morgan fingerprint density at radius 1 is 1.08 bits per heavy atom. The summed E-state index contributed by atoms with van der Waals surface area (Å²) in [5, 5.41) is 11.3. The SMILES string of the molecule is CC1(C)COC(CC(O)(/C=C/c2ccccc2)c2ccccc2)=N1. The molecular weight excluding hydrogens is 298 g/mol. The molecule has 1 aliphatic rings. The third kappa shape index (κ3) is 3.92. The summed E-state index contributed by atoms with van der Waals surface area (Å²) in [6.07, 6.45) is 4.09. The Labute approximate surface area is 143 Å². The van der Waals surface area contributed by atoms with Gasteiger partial charge >= 0.3 is 0 Å². The molecule has 2 aromatic rings. The van der Waals surface area contributed by atoms with E-state index in [9.17, 15) is 5.11 Å². The lowest BCUT2D eigenvalue weighted by atomic mass is 9.89. The van der Waals surface area contributed by atoms with Crippen LogP contribution in [0, 0.1) is 0 Å². The number of rotatable bonds is 5. The van der Waals surface area contributed by atoms with Gasteiger partial charge in [0.25, 0.3) is 0 Å². The zero-order chi connectivity index (χ0) is 17.0. The first-order valence-electron chi connectivity index (χ1n) is 8.21. The lowest BCUT2D eigenvalue weighted by Gasteiger charge is -2.25. The van der Waals surface area contributed by atoms with Crippen LogP contribution in [-0.4, -0.2) is 23.2 Å². The minimum Gasteiger partial charge on any atom is -0.478 e. The highest BCUT2D eigenvalue weighted by molar-refractivity contribution is 5.80. The second-order valence-electron chi connectivity index (χ2n) is 6.82. The van der Waals surface area contributed by atoms with E-state index >= 15 is 0 Å². The van der Waals surface area contributed by atoms with Gasteiger partial charge in [-0.1, -0.05) is 66.7 Å². The van der Waals surface area contributed by atoms with E-state index in [1.54, 1.807) is 0 Å². The first-order valence-corrected chi connectivity index (χ1v) is 8.21. The third-order valence-corrected chi connectivity index (χ3v) is 4.06. The first-order chi connectivity index (χ1) is 11.5. The van der Waals surface area contributed by atoms with E-state index in [2.05, 4.69) is 4.99 Å². The van der Waals surface area contributed by atoms with Crippen LogP contribution >= 0.6 is 0 Å². The van der Waals surface area contributed by atoms with Crippen molar-refractivity contribution in [1.82, 2.24) is 0 Å². The highest BCUT2D eigenvalue weighted by Gasteiger charge is 2.34. The van der Waals surface area contributed by atoms with Crippen molar-refractivity contribution >= 4 is 12.0 Å². The maximum absolute atomic E-state index is 11.3. The molecule has 0 bridgehead atoms. The summed E-state index contributed by atoms with van der Waals surface area (Å²) >= 11 is 0. The molecule has 124 valence electrons. The van der Waals surface area contributed by atoms with Crippen LogP contribution in [0.4, 0.5) is 0 Å². The number of benzene rings is 2. The molecule has 0 aliphatic carbocycles. The van der Waals surface area contributed by atoms with Gasteiger partial charge in [0.1, 0.15) is 12.2 Å². The van der Waals surface area contributed by atoms with Gasteiger partial charge in [-0.05, 0) is 31.1 Å². The van der Waals surface area contributed by atoms with Crippen LogP contribution in [0.15, 0.2) is 71.7 Å². The molecule has 1 aliphatic heterocycles. The normalized spacial score (nSPS) is 18.9. The van der Waals surface area contributed by atoms with Crippen molar-refractivity contribution in [2.45, 2.75) is 31.4 Å².